The van der Waals surface area contributed by atoms with Crippen LogP contribution in [-0.2, 0) is 7.05 Å². The van der Waals surface area contributed by atoms with E-state index < -0.39 is 0 Å². The summed E-state index contributed by atoms with van der Waals surface area (Å²) in [6, 6.07) is 0.288. The molecule has 13 heavy (non-hydrogen) atoms. The van der Waals surface area contributed by atoms with Crippen LogP contribution in [0, 0.1) is 0 Å². The van der Waals surface area contributed by atoms with E-state index in [0.29, 0.717) is 0 Å². The predicted molar refractivity (Wildman–Crippen MR) is 50.4 cm³/mol. The third kappa shape index (κ3) is 1.80. The van der Waals surface area contributed by atoms with Crippen molar-refractivity contribution in [3.63, 3.8) is 0 Å². The molecule has 1 saturated heterocycles. The average Bonchev–Trinajstić information content (AvgIpc) is 2.52. The van der Waals surface area contributed by atoms with Gasteiger partial charge >= 0.3 is 0 Å². The van der Waals surface area contributed by atoms with Crippen molar-refractivity contribution in [2.24, 2.45) is 12.8 Å². The van der Waals surface area contributed by atoms with Crippen LogP contribution in [0.1, 0.15) is 12.8 Å². The summed E-state index contributed by atoms with van der Waals surface area (Å²) in [4.78, 5) is 2.20. The van der Waals surface area contributed by atoms with Crippen LogP contribution in [-0.4, -0.2) is 34.1 Å². The van der Waals surface area contributed by atoms with Gasteiger partial charge in [0.15, 0.2) is 5.82 Å². The van der Waals surface area contributed by atoms with E-state index in [4.69, 9.17) is 5.73 Å². The van der Waals surface area contributed by atoms with Crippen molar-refractivity contribution < 1.29 is 0 Å². The molecule has 2 heterocycles. The fourth-order valence-electron chi connectivity index (χ4n) is 1.70. The highest BCUT2D eigenvalue weighted by atomic mass is 15.4. The molecule has 2 N–H and O–H groups in total. The molecule has 72 valence electrons. The van der Waals surface area contributed by atoms with Crippen molar-refractivity contribution in [3.8, 4) is 0 Å². The van der Waals surface area contributed by atoms with Crippen LogP contribution in [0.3, 0.4) is 0 Å². The van der Waals surface area contributed by atoms with Crippen LogP contribution in [0.2, 0.25) is 0 Å². The fraction of sp³-hybridized carbons (Fsp3) is 0.750. The van der Waals surface area contributed by atoms with Crippen LogP contribution in [0.4, 0.5) is 5.82 Å². The second-order valence-electron chi connectivity index (χ2n) is 3.60. The molecule has 5 nitrogen and oxygen atoms in total. The fourth-order valence-corrected chi connectivity index (χ4v) is 1.70. The van der Waals surface area contributed by atoms with Gasteiger partial charge < -0.3 is 10.6 Å². The summed E-state index contributed by atoms with van der Waals surface area (Å²) < 4.78 is 1.72. The standard InChI is InChI=1S/C8H15N5/c1-12-6-8(10-11-12)13-4-2-3-7(9)5-13/h6-7H,2-5,9H2,1H3/t7-/m0/s1. The molecular formula is C8H15N5. The quantitative estimate of drug-likeness (QED) is 0.648. The highest BCUT2D eigenvalue weighted by Gasteiger charge is 2.18. The van der Waals surface area contributed by atoms with Gasteiger partial charge in [-0.3, -0.25) is 4.68 Å². The number of rotatable bonds is 1. The first kappa shape index (κ1) is 8.50. The summed E-state index contributed by atoms with van der Waals surface area (Å²) in [5, 5.41) is 7.96. The Balaban J connectivity index is 2.08. The molecule has 1 aromatic rings. The number of nitrogens with zero attached hydrogens (tertiary/aromatic N) is 4. The number of aryl methyl sites for hydroxylation is 1. The highest BCUT2D eigenvalue weighted by molar-refractivity contribution is 5.35. The first-order valence-electron chi connectivity index (χ1n) is 4.62. The second-order valence-corrected chi connectivity index (χ2v) is 3.60. The number of aromatic nitrogens is 3. The van der Waals surface area contributed by atoms with E-state index in [1.165, 1.54) is 0 Å². The lowest BCUT2D eigenvalue weighted by Gasteiger charge is -2.30. The van der Waals surface area contributed by atoms with Gasteiger partial charge in [-0.05, 0) is 12.8 Å². The molecule has 0 saturated carbocycles. The summed E-state index contributed by atoms with van der Waals surface area (Å²) in [6.07, 6.45) is 4.20. The number of nitrogens with two attached hydrogens (primary N) is 1. The molecule has 0 aliphatic carbocycles. The average molecular weight is 181 g/mol. The maximum atomic E-state index is 5.87. The zero-order chi connectivity index (χ0) is 9.26. The Kier molecular flexibility index (Phi) is 2.18. The van der Waals surface area contributed by atoms with Crippen molar-refractivity contribution >= 4 is 5.82 Å². The van der Waals surface area contributed by atoms with Gasteiger partial charge in [-0.2, -0.15) is 0 Å². The second kappa shape index (κ2) is 3.33. The van der Waals surface area contributed by atoms with E-state index >= 15 is 0 Å². The van der Waals surface area contributed by atoms with Crippen molar-refractivity contribution in [2.45, 2.75) is 18.9 Å². The Morgan fingerprint density at radius 2 is 2.46 bits per heavy atom. The minimum Gasteiger partial charge on any atom is -0.352 e. The molecule has 1 aliphatic heterocycles. The predicted octanol–water partition coefficient (Wildman–Crippen LogP) is -0.257. The Morgan fingerprint density at radius 3 is 3.08 bits per heavy atom. The van der Waals surface area contributed by atoms with Crippen molar-refractivity contribution in [2.75, 3.05) is 18.0 Å². The van der Waals surface area contributed by atoms with E-state index in [1.807, 2.05) is 13.2 Å². The lowest BCUT2D eigenvalue weighted by Crippen LogP contribution is -2.43. The van der Waals surface area contributed by atoms with Gasteiger partial charge in [-0.1, -0.05) is 5.21 Å². The summed E-state index contributed by atoms with van der Waals surface area (Å²) >= 11 is 0. The van der Waals surface area contributed by atoms with Gasteiger partial charge in [-0.25, -0.2) is 0 Å². The Morgan fingerprint density at radius 1 is 1.62 bits per heavy atom. The maximum Gasteiger partial charge on any atom is 0.171 e. The van der Waals surface area contributed by atoms with Gasteiger partial charge in [0.05, 0.1) is 6.20 Å². The van der Waals surface area contributed by atoms with E-state index in [9.17, 15) is 0 Å². The Labute approximate surface area is 77.5 Å². The van der Waals surface area contributed by atoms with Crippen molar-refractivity contribution in [1.82, 2.24) is 15.0 Å². The van der Waals surface area contributed by atoms with Crippen LogP contribution in [0.15, 0.2) is 6.20 Å². The third-order valence-corrected chi connectivity index (χ3v) is 2.37. The monoisotopic (exact) mass is 181 g/mol. The van der Waals surface area contributed by atoms with E-state index in [0.717, 1.165) is 31.7 Å². The Hall–Kier alpha value is -1.10. The molecule has 0 aromatic carbocycles. The van der Waals surface area contributed by atoms with Crippen LogP contribution >= 0.6 is 0 Å². The minimum absolute atomic E-state index is 0.288. The lowest BCUT2D eigenvalue weighted by atomic mass is 10.1. The molecular weight excluding hydrogens is 166 g/mol. The zero-order valence-corrected chi connectivity index (χ0v) is 7.85. The molecule has 1 atom stereocenters. The highest BCUT2D eigenvalue weighted by Crippen LogP contribution is 2.15. The SMILES string of the molecule is Cn1cc(N2CCC[C@H](N)C2)nn1. The molecule has 5 heteroatoms. The van der Waals surface area contributed by atoms with Crippen LogP contribution in [0.25, 0.3) is 0 Å². The molecule has 1 aliphatic rings. The van der Waals surface area contributed by atoms with Crippen LogP contribution < -0.4 is 10.6 Å². The molecule has 0 spiro atoms. The van der Waals surface area contributed by atoms with Crippen molar-refractivity contribution in [1.29, 1.82) is 0 Å². The summed E-state index contributed by atoms with van der Waals surface area (Å²) in [7, 11) is 1.88. The molecule has 2 rings (SSSR count). The normalized spacial score (nSPS) is 23.5. The number of piperidine rings is 1. The summed E-state index contributed by atoms with van der Waals surface area (Å²) in [5.74, 6) is 0.942. The number of anilines is 1. The van der Waals surface area contributed by atoms with E-state index in [2.05, 4.69) is 15.2 Å². The lowest BCUT2D eigenvalue weighted by molar-refractivity contribution is 0.503. The molecule has 0 bridgehead atoms. The van der Waals surface area contributed by atoms with Gasteiger partial charge in [0.1, 0.15) is 0 Å². The number of hydrogen-bond donors (Lipinski definition) is 1. The van der Waals surface area contributed by atoms with Gasteiger partial charge in [-0.15, -0.1) is 5.10 Å². The van der Waals surface area contributed by atoms with Crippen LogP contribution in [0.5, 0.6) is 0 Å². The van der Waals surface area contributed by atoms with E-state index in [-0.39, 0.29) is 6.04 Å². The van der Waals surface area contributed by atoms with Gasteiger partial charge in [0, 0.05) is 26.2 Å². The third-order valence-electron chi connectivity index (χ3n) is 2.37. The summed E-state index contributed by atoms with van der Waals surface area (Å²) in [5.41, 5.74) is 5.87. The molecule has 0 unspecified atom stereocenters. The van der Waals surface area contributed by atoms with Crippen molar-refractivity contribution in [3.05, 3.63) is 6.20 Å². The number of hydrogen-bond acceptors (Lipinski definition) is 4. The first-order valence-corrected chi connectivity index (χ1v) is 4.62. The molecule has 0 radical (unpaired) electrons. The maximum absolute atomic E-state index is 5.87. The Bertz CT molecular complexity index is 282. The largest absolute Gasteiger partial charge is 0.352 e. The molecule has 1 aromatic heterocycles. The summed E-state index contributed by atoms with van der Waals surface area (Å²) in [6.45, 7) is 1.95. The topological polar surface area (TPSA) is 60.0 Å². The minimum atomic E-state index is 0.288. The molecule has 0 amide bonds. The smallest absolute Gasteiger partial charge is 0.171 e. The zero-order valence-electron chi connectivity index (χ0n) is 7.85. The first-order chi connectivity index (χ1) is 6.25. The van der Waals surface area contributed by atoms with E-state index in [1.54, 1.807) is 4.68 Å². The van der Waals surface area contributed by atoms with Gasteiger partial charge in [0.2, 0.25) is 0 Å². The van der Waals surface area contributed by atoms with Gasteiger partial charge in [0.25, 0.3) is 0 Å². The molecule has 1 fully saturated rings.